The van der Waals surface area contributed by atoms with Crippen molar-refractivity contribution >= 4 is 29.3 Å². The van der Waals surface area contributed by atoms with E-state index in [9.17, 15) is 9.59 Å². The Kier molecular flexibility index (Phi) is 5.18. The first-order valence-corrected chi connectivity index (χ1v) is 6.57. The van der Waals surface area contributed by atoms with Crippen molar-refractivity contribution in [2.45, 2.75) is 17.4 Å². The fourth-order valence-electron chi connectivity index (χ4n) is 1.36. The predicted octanol–water partition coefficient (Wildman–Crippen LogP) is 1.17. The highest BCUT2D eigenvalue weighted by molar-refractivity contribution is 7.98. The van der Waals surface area contributed by atoms with E-state index >= 15 is 0 Å². The third-order valence-corrected chi connectivity index (χ3v) is 3.29. The lowest BCUT2D eigenvalue weighted by molar-refractivity contribution is -0.140. The molecule has 3 N–H and O–H groups in total. The standard InChI is InChI=1S/C12H16N2O3S/c1-14(11(15)7-10(13)12(16)17)8-3-5-9(18-2)6-4-8/h3-6,10H,7,13H2,1-2H3,(H,16,17). The molecule has 18 heavy (non-hydrogen) atoms. The molecule has 0 aliphatic heterocycles. The quantitative estimate of drug-likeness (QED) is 0.783. The Labute approximate surface area is 110 Å². The van der Waals surface area contributed by atoms with E-state index < -0.39 is 12.0 Å². The number of anilines is 1. The zero-order valence-electron chi connectivity index (χ0n) is 10.3. The van der Waals surface area contributed by atoms with E-state index in [1.165, 1.54) is 4.90 Å². The van der Waals surface area contributed by atoms with Crippen LogP contribution in [0.25, 0.3) is 0 Å². The second-order valence-electron chi connectivity index (χ2n) is 3.80. The van der Waals surface area contributed by atoms with Gasteiger partial charge in [0.05, 0.1) is 6.42 Å². The molecule has 1 amide bonds. The first-order chi connectivity index (χ1) is 8.45. The number of carbonyl (C=O) groups excluding carboxylic acids is 1. The number of amides is 1. The van der Waals surface area contributed by atoms with Crippen molar-refractivity contribution in [2.24, 2.45) is 5.73 Å². The normalized spacial score (nSPS) is 11.9. The summed E-state index contributed by atoms with van der Waals surface area (Å²) in [5.41, 5.74) is 6.05. The Balaban J connectivity index is 2.70. The molecule has 0 heterocycles. The molecule has 0 fully saturated rings. The lowest BCUT2D eigenvalue weighted by Gasteiger charge is -2.18. The highest BCUT2D eigenvalue weighted by Gasteiger charge is 2.19. The van der Waals surface area contributed by atoms with Gasteiger partial charge in [-0.05, 0) is 30.5 Å². The lowest BCUT2D eigenvalue weighted by Crippen LogP contribution is -2.37. The van der Waals surface area contributed by atoms with Crippen LogP contribution in [0.1, 0.15) is 6.42 Å². The molecule has 98 valence electrons. The number of carboxylic acid groups (broad SMARTS) is 1. The number of carbonyl (C=O) groups is 2. The first-order valence-electron chi connectivity index (χ1n) is 5.34. The van der Waals surface area contributed by atoms with Gasteiger partial charge in [0.1, 0.15) is 6.04 Å². The molecule has 0 bridgehead atoms. The van der Waals surface area contributed by atoms with Gasteiger partial charge in [0.25, 0.3) is 0 Å². The minimum atomic E-state index is -1.17. The molecule has 1 aromatic rings. The third-order valence-electron chi connectivity index (χ3n) is 2.55. The maximum Gasteiger partial charge on any atom is 0.321 e. The lowest BCUT2D eigenvalue weighted by atomic mass is 10.2. The molecule has 0 aromatic heterocycles. The molecule has 1 aromatic carbocycles. The van der Waals surface area contributed by atoms with Crippen LogP contribution in [-0.4, -0.2) is 36.3 Å². The number of thioether (sulfide) groups is 1. The van der Waals surface area contributed by atoms with Crippen LogP contribution in [0, 0.1) is 0 Å². The fourth-order valence-corrected chi connectivity index (χ4v) is 1.77. The van der Waals surface area contributed by atoms with Gasteiger partial charge in [-0.3, -0.25) is 9.59 Å². The summed E-state index contributed by atoms with van der Waals surface area (Å²) in [6, 6.07) is 6.28. The summed E-state index contributed by atoms with van der Waals surface area (Å²) in [5.74, 6) is -1.49. The van der Waals surface area contributed by atoms with Crippen LogP contribution >= 0.6 is 11.8 Å². The first kappa shape index (κ1) is 14.5. The summed E-state index contributed by atoms with van der Waals surface area (Å²) < 4.78 is 0. The van der Waals surface area contributed by atoms with Gasteiger partial charge in [0, 0.05) is 17.6 Å². The zero-order chi connectivity index (χ0) is 13.7. The highest BCUT2D eigenvalue weighted by atomic mass is 32.2. The van der Waals surface area contributed by atoms with Crippen LogP contribution < -0.4 is 10.6 Å². The molecule has 1 rings (SSSR count). The highest BCUT2D eigenvalue weighted by Crippen LogP contribution is 2.20. The predicted molar refractivity (Wildman–Crippen MR) is 71.9 cm³/mol. The van der Waals surface area contributed by atoms with Gasteiger partial charge in [0.2, 0.25) is 5.91 Å². The van der Waals surface area contributed by atoms with Gasteiger partial charge >= 0.3 is 5.97 Å². The monoisotopic (exact) mass is 268 g/mol. The van der Waals surface area contributed by atoms with Gasteiger partial charge in [-0.2, -0.15) is 0 Å². The van der Waals surface area contributed by atoms with Crippen LogP contribution in [0.3, 0.4) is 0 Å². The van der Waals surface area contributed by atoms with Crippen molar-refractivity contribution in [2.75, 3.05) is 18.2 Å². The molecule has 0 spiro atoms. The summed E-state index contributed by atoms with van der Waals surface area (Å²) in [6.07, 6.45) is 1.76. The van der Waals surface area contributed by atoms with E-state index in [2.05, 4.69) is 0 Å². The SMILES string of the molecule is CSc1ccc(N(C)C(=O)CC(N)C(=O)O)cc1. The van der Waals surface area contributed by atoms with Crippen molar-refractivity contribution in [1.29, 1.82) is 0 Å². The number of nitrogens with zero attached hydrogens (tertiary/aromatic N) is 1. The molecular weight excluding hydrogens is 252 g/mol. The molecular formula is C12H16N2O3S. The number of hydrogen-bond donors (Lipinski definition) is 2. The average Bonchev–Trinajstić information content (AvgIpc) is 2.37. The molecule has 1 atom stereocenters. The Hall–Kier alpha value is -1.53. The van der Waals surface area contributed by atoms with Crippen molar-refractivity contribution < 1.29 is 14.7 Å². The molecule has 0 aliphatic carbocycles. The number of nitrogens with two attached hydrogens (primary N) is 1. The molecule has 0 saturated heterocycles. The molecule has 0 radical (unpaired) electrons. The number of hydrogen-bond acceptors (Lipinski definition) is 4. The Morgan fingerprint density at radius 1 is 1.39 bits per heavy atom. The minimum Gasteiger partial charge on any atom is -0.480 e. The van der Waals surface area contributed by atoms with Gasteiger partial charge in [-0.15, -0.1) is 11.8 Å². The zero-order valence-corrected chi connectivity index (χ0v) is 11.1. The van der Waals surface area contributed by atoms with Crippen molar-refractivity contribution in [3.8, 4) is 0 Å². The van der Waals surface area contributed by atoms with Crippen LogP contribution in [0.5, 0.6) is 0 Å². The number of rotatable bonds is 5. The van der Waals surface area contributed by atoms with Crippen LogP contribution in [-0.2, 0) is 9.59 Å². The average molecular weight is 268 g/mol. The molecule has 6 heteroatoms. The van der Waals surface area contributed by atoms with Crippen LogP contribution in [0.2, 0.25) is 0 Å². The second-order valence-corrected chi connectivity index (χ2v) is 4.68. The van der Waals surface area contributed by atoms with Crippen molar-refractivity contribution in [3.05, 3.63) is 24.3 Å². The molecule has 1 unspecified atom stereocenters. The number of carboxylic acids is 1. The van der Waals surface area contributed by atoms with Crippen molar-refractivity contribution in [3.63, 3.8) is 0 Å². The largest absolute Gasteiger partial charge is 0.480 e. The fraction of sp³-hybridized carbons (Fsp3) is 0.333. The third kappa shape index (κ3) is 3.75. The maximum absolute atomic E-state index is 11.8. The molecule has 0 saturated carbocycles. The summed E-state index contributed by atoms with van der Waals surface area (Å²) in [7, 11) is 1.60. The summed E-state index contributed by atoms with van der Waals surface area (Å²) in [4.78, 5) is 24.9. The van der Waals surface area contributed by atoms with Crippen LogP contribution in [0.15, 0.2) is 29.2 Å². The Morgan fingerprint density at radius 3 is 2.39 bits per heavy atom. The topological polar surface area (TPSA) is 83.6 Å². The number of benzene rings is 1. The van der Waals surface area contributed by atoms with Gasteiger partial charge in [-0.1, -0.05) is 0 Å². The van der Waals surface area contributed by atoms with E-state index in [-0.39, 0.29) is 12.3 Å². The molecule has 5 nitrogen and oxygen atoms in total. The van der Waals surface area contributed by atoms with E-state index in [4.69, 9.17) is 10.8 Å². The van der Waals surface area contributed by atoms with E-state index in [1.54, 1.807) is 18.8 Å². The Morgan fingerprint density at radius 2 is 1.94 bits per heavy atom. The number of aliphatic carboxylic acids is 1. The Bertz CT molecular complexity index is 433. The summed E-state index contributed by atoms with van der Waals surface area (Å²) in [6.45, 7) is 0. The molecule has 0 aliphatic rings. The van der Waals surface area contributed by atoms with Gasteiger partial charge in [-0.25, -0.2) is 0 Å². The van der Waals surface area contributed by atoms with Gasteiger partial charge in [0.15, 0.2) is 0 Å². The van der Waals surface area contributed by atoms with E-state index in [0.29, 0.717) is 0 Å². The van der Waals surface area contributed by atoms with Gasteiger partial charge < -0.3 is 15.7 Å². The summed E-state index contributed by atoms with van der Waals surface area (Å²) >= 11 is 1.61. The van der Waals surface area contributed by atoms with E-state index in [1.807, 2.05) is 30.5 Å². The summed E-state index contributed by atoms with van der Waals surface area (Å²) in [5, 5.41) is 8.65. The second kappa shape index (κ2) is 6.42. The van der Waals surface area contributed by atoms with Crippen molar-refractivity contribution in [1.82, 2.24) is 0 Å². The maximum atomic E-state index is 11.8. The smallest absolute Gasteiger partial charge is 0.321 e. The van der Waals surface area contributed by atoms with E-state index in [0.717, 1.165) is 10.6 Å². The minimum absolute atomic E-state index is 0.212. The van der Waals surface area contributed by atoms with Crippen LogP contribution in [0.4, 0.5) is 5.69 Å².